The van der Waals surface area contributed by atoms with E-state index in [4.69, 9.17) is 4.74 Å². The molecule has 27 heavy (non-hydrogen) atoms. The van der Waals surface area contributed by atoms with Gasteiger partial charge in [-0.2, -0.15) is 13.2 Å². The first-order valence-electron chi connectivity index (χ1n) is 7.74. The third kappa shape index (κ3) is 7.19. The van der Waals surface area contributed by atoms with Crippen LogP contribution in [0.4, 0.5) is 17.6 Å². The van der Waals surface area contributed by atoms with Crippen molar-refractivity contribution >= 4 is 29.9 Å². The number of aliphatic imine (C=N–C) groups is 1. The molecule has 0 aliphatic carbocycles. The van der Waals surface area contributed by atoms with Crippen molar-refractivity contribution in [1.29, 1.82) is 0 Å². The second kappa shape index (κ2) is 10.9. The van der Waals surface area contributed by atoms with Crippen LogP contribution in [0.5, 0.6) is 5.88 Å². The largest absolute Gasteiger partial charge is 0.475 e. The van der Waals surface area contributed by atoms with Gasteiger partial charge in [0.25, 0.3) is 0 Å². The summed E-state index contributed by atoms with van der Waals surface area (Å²) in [5.74, 6) is -0.446. The number of nitrogens with zero attached hydrogens (tertiary/aromatic N) is 2. The highest BCUT2D eigenvalue weighted by atomic mass is 127. The van der Waals surface area contributed by atoms with E-state index in [9.17, 15) is 17.6 Å². The zero-order valence-electron chi connectivity index (χ0n) is 14.4. The predicted octanol–water partition coefficient (Wildman–Crippen LogP) is 3.60. The van der Waals surface area contributed by atoms with E-state index in [2.05, 4.69) is 20.6 Å². The van der Waals surface area contributed by atoms with E-state index >= 15 is 0 Å². The fourth-order valence-corrected chi connectivity index (χ4v) is 2.08. The van der Waals surface area contributed by atoms with Gasteiger partial charge in [0, 0.05) is 25.4 Å². The molecule has 5 nitrogen and oxygen atoms in total. The molecule has 0 bridgehead atoms. The summed E-state index contributed by atoms with van der Waals surface area (Å²) in [6, 6.07) is 8.41. The number of hydrogen-bond donors (Lipinski definition) is 2. The lowest BCUT2D eigenvalue weighted by Gasteiger charge is -2.14. The monoisotopic (exact) mass is 498 g/mol. The Morgan fingerprint density at radius 3 is 2.56 bits per heavy atom. The number of alkyl halides is 3. The van der Waals surface area contributed by atoms with Gasteiger partial charge < -0.3 is 15.4 Å². The highest BCUT2D eigenvalue weighted by Crippen LogP contribution is 2.34. The van der Waals surface area contributed by atoms with E-state index < -0.39 is 17.6 Å². The van der Waals surface area contributed by atoms with Gasteiger partial charge in [-0.05, 0) is 18.2 Å². The van der Waals surface area contributed by atoms with Gasteiger partial charge >= 0.3 is 6.18 Å². The van der Waals surface area contributed by atoms with Crippen LogP contribution in [0.1, 0.15) is 11.1 Å². The molecule has 0 aliphatic rings. The summed E-state index contributed by atoms with van der Waals surface area (Å²) in [5, 5.41) is 5.78. The van der Waals surface area contributed by atoms with Crippen molar-refractivity contribution in [2.24, 2.45) is 4.99 Å². The molecule has 148 valence electrons. The van der Waals surface area contributed by atoms with Crippen LogP contribution in [0.3, 0.4) is 0 Å². The van der Waals surface area contributed by atoms with Crippen molar-refractivity contribution in [3.8, 4) is 5.88 Å². The second-order valence-corrected chi connectivity index (χ2v) is 5.15. The average Bonchev–Trinajstić information content (AvgIpc) is 2.62. The second-order valence-electron chi connectivity index (χ2n) is 5.15. The highest BCUT2D eigenvalue weighted by Gasteiger charge is 2.34. The van der Waals surface area contributed by atoms with Crippen molar-refractivity contribution in [3.63, 3.8) is 0 Å². The molecule has 0 fully saturated rings. The van der Waals surface area contributed by atoms with Gasteiger partial charge in [0.1, 0.15) is 18.0 Å². The molecule has 0 saturated carbocycles. The molecule has 0 aliphatic heterocycles. The van der Waals surface area contributed by atoms with Crippen LogP contribution < -0.4 is 15.4 Å². The van der Waals surface area contributed by atoms with E-state index in [-0.39, 0.29) is 49.5 Å². The molecule has 1 aromatic heterocycles. The number of hydrogen-bond acceptors (Lipinski definition) is 3. The fraction of sp³-hybridized carbons (Fsp3) is 0.294. The Kier molecular flexibility index (Phi) is 9.26. The smallest absolute Gasteiger partial charge is 0.421 e. The topological polar surface area (TPSA) is 58.5 Å². The Labute approximate surface area is 171 Å². The van der Waals surface area contributed by atoms with E-state index in [1.54, 1.807) is 18.2 Å². The van der Waals surface area contributed by atoms with Crippen molar-refractivity contribution < 1.29 is 22.3 Å². The van der Waals surface area contributed by atoms with E-state index in [1.165, 1.54) is 25.4 Å². The Morgan fingerprint density at radius 1 is 1.15 bits per heavy atom. The fourth-order valence-electron chi connectivity index (χ4n) is 2.08. The Balaban J connectivity index is 0.00000364. The lowest BCUT2D eigenvalue weighted by atomic mass is 10.2. The zero-order valence-corrected chi connectivity index (χ0v) is 16.7. The molecular weight excluding hydrogens is 479 g/mol. The van der Waals surface area contributed by atoms with E-state index in [1.807, 2.05) is 0 Å². The molecular formula is C17H19F4IN4O. The van der Waals surface area contributed by atoms with Gasteiger partial charge in [-0.1, -0.05) is 18.2 Å². The number of rotatable bonds is 6. The average molecular weight is 498 g/mol. The summed E-state index contributed by atoms with van der Waals surface area (Å²) in [6.45, 7) is 0.344. The standard InChI is InChI=1S/C17H18F4N4O.HI/c1-22-16(25-11-12-5-2-3-7-14(12)18)24-9-10-26-15-13(17(19,20)21)6-4-8-23-15;/h2-8H,9-11H2,1H3,(H2,22,24,25);1H. The van der Waals surface area contributed by atoms with Crippen molar-refractivity contribution in [3.05, 3.63) is 59.5 Å². The number of halogens is 5. The number of ether oxygens (including phenoxy) is 1. The Bertz CT molecular complexity index is 756. The maximum atomic E-state index is 13.6. The van der Waals surface area contributed by atoms with Crippen LogP contribution in [0.2, 0.25) is 0 Å². The molecule has 0 spiro atoms. The van der Waals surface area contributed by atoms with Crippen molar-refractivity contribution in [2.75, 3.05) is 20.2 Å². The van der Waals surface area contributed by atoms with E-state index in [0.717, 1.165) is 6.07 Å². The SMILES string of the molecule is CN=C(NCCOc1ncccc1C(F)(F)F)NCc1ccccc1F.I. The Hall–Kier alpha value is -2.11. The van der Waals surface area contributed by atoms with Crippen LogP contribution in [-0.2, 0) is 12.7 Å². The number of nitrogens with one attached hydrogen (secondary N) is 2. The third-order valence-electron chi connectivity index (χ3n) is 3.34. The van der Waals surface area contributed by atoms with Gasteiger partial charge in [-0.3, -0.25) is 4.99 Å². The number of benzene rings is 1. The minimum absolute atomic E-state index is 0. The molecule has 1 aromatic carbocycles. The molecule has 1 heterocycles. The van der Waals surface area contributed by atoms with Gasteiger partial charge in [0.05, 0.1) is 6.54 Å². The first kappa shape index (κ1) is 22.9. The maximum Gasteiger partial charge on any atom is 0.421 e. The Morgan fingerprint density at radius 2 is 1.89 bits per heavy atom. The summed E-state index contributed by atoms with van der Waals surface area (Å²) in [6.07, 6.45) is -3.30. The number of guanidine groups is 1. The molecule has 0 radical (unpaired) electrons. The quantitative estimate of drug-likeness (QED) is 0.210. The molecule has 2 aromatic rings. The van der Waals surface area contributed by atoms with Gasteiger partial charge in [0.2, 0.25) is 5.88 Å². The molecule has 10 heteroatoms. The minimum Gasteiger partial charge on any atom is -0.475 e. The van der Waals surface area contributed by atoms with Crippen LogP contribution in [0.15, 0.2) is 47.6 Å². The summed E-state index contributed by atoms with van der Waals surface area (Å²) in [5.41, 5.74) is -0.461. The normalized spacial score (nSPS) is 11.5. The molecule has 2 N–H and O–H groups in total. The van der Waals surface area contributed by atoms with Crippen LogP contribution >= 0.6 is 24.0 Å². The summed E-state index contributed by atoms with van der Waals surface area (Å²) >= 11 is 0. The first-order chi connectivity index (χ1) is 12.4. The van der Waals surface area contributed by atoms with Gasteiger partial charge in [-0.25, -0.2) is 9.37 Å². The summed E-state index contributed by atoms with van der Waals surface area (Å²) < 4.78 is 57.2. The summed E-state index contributed by atoms with van der Waals surface area (Å²) in [4.78, 5) is 7.57. The highest BCUT2D eigenvalue weighted by molar-refractivity contribution is 14.0. The molecule has 0 atom stereocenters. The molecule has 0 saturated heterocycles. The van der Waals surface area contributed by atoms with Crippen LogP contribution in [0.25, 0.3) is 0 Å². The van der Waals surface area contributed by atoms with Gasteiger partial charge in [-0.15, -0.1) is 24.0 Å². The predicted molar refractivity (Wildman–Crippen MR) is 105 cm³/mol. The molecule has 0 amide bonds. The van der Waals surface area contributed by atoms with Crippen molar-refractivity contribution in [2.45, 2.75) is 12.7 Å². The minimum atomic E-state index is -4.53. The molecule has 2 rings (SSSR count). The van der Waals surface area contributed by atoms with Crippen LogP contribution in [0, 0.1) is 5.82 Å². The lowest BCUT2D eigenvalue weighted by Crippen LogP contribution is -2.39. The summed E-state index contributed by atoms with van der Waals surface area (Å²) in [7, 11) is 1.53. The third-order valence-corrected chi connectivity index (χ3v) is 3.34. The zero-order chi connectivity index (χ0) is 19.0. The lowest BCUT2D eigenvalue weighted by molar-refractivity contribution is -0.139. The number of aromatic nitrogens is 1. The van der Waals surface area contributed by atoms with Crippen molar-refractivity contribution in [1.82, 2.24) is 15.6 Å². The van der Waals surface area contributed by atoms with Crippen LogP contribution in [-0.4, -0.2) is 31.1 Å². The first-order valence-corrected chi connectivity index (χ1v) is 7.74. The van der Waals surface area contributed by atoms with E-state index in [0.29, 0.717) is 11.5 Å². The maximum absolute atomic E-state index is 13.6. The number of pyridine rings is 1. The van der Waals surface area contributed by atoms with Gasteiger partial charge in [0.15, 0.2) is 5.96 Å². The molecule has 0 unspecified atom stereocenters.